The van der Waals surface area contributed by atoms with Crippen LogP contribution in [0.25, 0.3) is 0 Å². The smallest absolute Gasteiger partial charge is 0.257 e. The summed E-state index contributed by atoms with van der Waals surface area (Å²) in [5, 5.41) is 0. The molecule has 0 radical (unpaired) electrons. The van der Waals surface area contributed by atoms with E-state index >= 15 is 0 Å². The van der Waals surface area contributed by atoms with Gasteiger partial charge in [0.25, 0.3) is 5.91 Å². The number of hydrogen-bond acceptors (Lipinski definition) is 4. The molecule has 4 rings (SSSR count). The maximum absolute atomic E-state index is 12.6. The number of likely N-dealkylation sites (N-methyl/N-ethyl adjacent to an activating group) is 1. The van der Waals surface area contributed by atoms with Gasteiger partial charge in [-0.1, -0.05) is 18.2 Å². The Morgan fingerprint density at radius 1 is 1.16 bits per heavy atom. The van der Waals surface area contributed by atoms with E-state index in [1.165, 1.54) is 12.5 Å². The molecule has 1 unspecified atom stereocenters. The lowest BCUT2D eigenvalue weighted by Gasteiger charge is -2.46. The molecule has 2 aromatic rings. The van der Waals surface area contributed by atoms with Crippen LogP contribution in [-0.2, 0) is 4.79 Å². The van der Waals surface area contributed by atoms with Gasteiger partial charge in [-0.25, -0.2) is 0 Å². The maximum Gasteiger partial charge on any atom is 0.257 e. The number of para-hydroxylation sites is 1. The highest BCUT2D eigenvalue weighted by Gasteiger charge is 2.48. The summed E-state index contributed by atoms with van der Waals surface area (Å²) < 4.78 is 5.03. The predicted octanol–water partition coefficient (Wildman–Crippen LogP) is 1.84. The summed E-state index contributed by atoms with van der Waals surface area (Å²) in [6, 6.07) is 11.4. The molecular weight excluding hydrogens is 318 g/mol. The number of carbonyl (C=O) groups excluding carboxylic acids is 2. The van der Waals surface area contributed by atoms with E-state index in [9.17, 15) is 9.59 Å². The molecule has 0 N–H and O–H groups in total. The van der Waals surface area contributed by atoms with Crippen molar-refractivity contribution < 1.29 is 14.0 Å². The molecule has 2 amide bonds. The van der Waals surface area contributed by atoms with Crippen molar-refractivity contribution in [2.75, 3.05) is 38.1 Å². The molecule has 2 fully saturated rings. The van der Waals surface area contributed by atoms with Crippen molar-refractivity contribution in [3.63, 3.8) is 0 Å². The van der Waals surface area contributed by atoms with Gasteiger partial charge >= 0.3 is 0 Å². The quantitative estimate of drug-likeness (QED) is 0.838. The predicted molar refractivity (Wildman–Crippen MR) is 93.4 cm³/mol. The van der Waals surface area contributed by atoms with Crippen LogP contribution in [0.3, 0.4) is 0 Å². The largest absolute Gasteiger partial charge is 0.472 e. The lowest BCUT2D eigenvalue weighted by Crippen LogP contribution is -2.64. The molecule has 6 heteroatoms. The summed E-state index contributed by atoms with van der Waals surface area (Å²) >= 11 is 0. The lowest BCUT2D eigenvalue weighted by molar-refractivity contribution is -0.123. The first kappa shape index (κ1) is 15.9. The molecule has 1 atom stereocenters. The van der Waals surface area contributed by atoms with Gasteiger partial charge in [-0.05, 0) is 31.7 Å². The molecule has 0 aliphatic carbocycles. The van der Waals surface area contributed by atoms with Gasteiger partial charge in [0.05, 0.1) is 23.9 Å². The third kappa shape index (κ3) is 2.72. The molecule has 2 saturated heterocycles. The summed E-state index contributed by atoms with van der Waals surface area (Å²) in [6.45, 7) is 2.26. The topological polar surface area (TPSA) is 57.0 Å². The molecule has 0 bridgehead atoms. The fourth-order valence-corrected chi connectivity index (χ4v) is 3.84. The van der Waals surface area contributed by atoms with E-state index in [-0.39, 0.29) is 17.4 Å². The number of amides is 2. The summed E-state index contributed by atoms with van der Waals surface area (Å²) in [7, 11) is 1.98. The summed E-state index contributed by atoms with van der Waals surface area (Å²) in [6.07, 6.45) is 3.85. The summed E-state index contributed by atoms with van der Waals surface area (Å²) in [5.41, 5.74) is 1.29. The molecule has 6 nitrogen and oxygen atoms in total. The highest BCUT2D eigenvalue weighted by atomic mass is 16.3. The third-order valence-corrected chi connectivity index (χ3v) is 5.39. The van der Waals surface area contributed by atoms with Gasteiger partial charge in [-0.15, -0.1) is 0 Å². The van der Waals surface area contributed by atoms with Crippen LogP contribution in [0.1, 0.15) is 16.8 Å². The number of nitrogens with zero attached hydrogens (tertiary/aromatic N) is 3. The molecule has 1 aromatic carbocycles. The van der Waals surface area contributed by atoms with Crippen LogP contribution < -0.4 is 4.90 Å². The Kier molecular flexibility index (Phi) is 3.84. The number of benzene rings is 1. The fraction of sp³-hybridized carbons (Fsp3) is 0.368. The van der Waals surface area contributed by atoms with Gasteiger partial charge < -0.3 is 14.2 Å². The number of hydrogen-bond donors (Lipinski definition) is 0. The number of piperazine rings is 1. The van der Waals surface area contributed by atoms with Gasteiger partial charge in [-0.3, -0.25) is 14.5 Å². The average Bonchev–Trinajstić information content (AvgIpc) is 3.30. The van der Waals surface area contributed by atoms with Gasteiger partial charge in [0.2, 0.25) is 5.91 Å². The zero-order valence-corrected chi connectivity index (χ0v) is 14.2. The first-order valence-electron chi connectivity index (χ1n) is 8.47. The van der Waals surface area contributed by atoms with Crippen molar-refractivity contribution in [2.24, 2.45) is 0 Å². The van der Waals surface area contributed by atoms with Crippen molar-refractivity contribution in [3.05, 3.63) is 54.5 Å². The van der Waals surface area contributed by atoms with Crippen LogP contribution >= 0.6 is 0 Å². The monoisotopic (exact) mass is 339 g/mol. The second-order valence-electron chi connectivity index (χ2n) is 6.88. The Bertz CT molecular complexity index is 774. The summed E-state index contributed by atoms with van der Waals surface area (Å²) in [5.74, 6) is 0.0844. The zero-order chi connectivity index (χ0) is 17.4. The van der Waals surface area contributed by atoms with Gasteiger partial charge in [-0.2, -0.15) is 0 Å². The molecule has 3 heterocycles. The maximum atomic E-state index is 12.6. The zero-order valence-electron chi connectivity index (χ0n) is 14.2. The minimum atomic E-state index is -0.205. The second kappa shape index (κ2) is 6.04. The average molecular weight is 339 g/mol. The number of furan rings is 1. The normalized spacial score (nSPS) is 24.3. The highest BCUT2D eigenvalue weighted by molar-refractivity contribution is 5.96. The van der Waals surface area contributed by atoms with E-state index < -0.39 is 0 Å². The van der Waals surface area contributed by atoms with Gasteiger partial charge in [0.15, 0.2) is 0 Å². The van der Waals surface area contributed by atoms with E-state index in [0.717, 1.165) is 12.1 Å². The fourth-order valence-electron chi connectivity index (χ4n) is 3.84. The first-order chi connectivity index (χ1) is 12.1. The van der Waals surface area contributed by atoms with E-state index in [4.69, 9.17) is 4.42 Å². The first-order valence-corrected chi connectivity index (χ1v) is 8.47. The van der Waals surface area contributed by atoms with Crippen LogP contribution in [0, 0.1) is 0 Å². The lowest BCUT2D eigenvalue weighted by atomic mass is 9.92. The number of anilines is 1. The Morgan fingerprint density at radius 2 is 1.96 bits per heavy atom. The Morgan fingerprint density at radius 3 is 2.68 bits per heavy atom. The third-order valence-electron chi connectivity index (χ3n) is 5.39. The Balaban J connectivity index is 1.56. The molecule has 0 saturated carbocycles. The van der Waals surface area contributed by atoms with Crippen molar-refractivity contribution in [2.45, 2.75) is 12.0 Å². The van der Waals surface area contributed by atoms with E-state index in [2.05, 4.69) is 4.90 Å². The molecule has 1 aromatic heterocycles. The number of likely N-dealkylation sites (tertiary alicyclic amines) is 1. The van der Waals surface area contributed by atoms with E-state index in [0.29, 0.717) is 31.7 Å². The van der Waals surface area contributed by atoms with Gasteiger partial charge in [0.1, 0.15) is 6.26 Å². The second-order valence-corrected chi connectivity index (χ2v) is 6.88. The molecule has 130 valence electrons. The summed E-state index contributed by atoms with van der Waals surface area (Å²) in [4.78, 5) is 31.0. The number of carbonyl (C=O) groups is 2. The molecule has 25 heavy (non-hydrogen) atoms. The van der Waals surface area contributed by atoms with Crippen molar-refractivity contribution in [1.82, 2.24) is 9.80 Å². The molecule has 2 aliphatic heterocycles. The van der Waals surface area contributed by atoms with Crippen LogP contribution in [0.4, 0.5) is 5.69 Å². The SMILES string of the molecule is CN1CC(=O)N(c2ccccc2)CC12CCN(C(=O)c1ccoc1)C2. The van der Waals surface area contributed by atoms with Crippen LogP contribution in [0.5, 0.6) is 0 Å². The minimum Gasteiger partial charge on any atom is -0.472 e. The van der Waals surface area contributed by atoms with Crippen molar-refractivity contribution >= 4 is 17.5 Å². The van der Waals surface area contributed by atoms with Crippen molar-refractivity contribution in [3.8, 4) is 0 Å². The standard InChI is InChI=1S/C19H21N3O3/c1-20-11-17(23)22(16-5-3-2-4-6-16)14-19(20)8-9-21(13-19)18(24)15-7-10-25-12-15/h2-7,10,12H,8-9,11,13-14H2,1H3. The van der Waals surface area contributed by atoms with Crippen LogP contribution in [0.15, 0.2) is 53.3 Å². The van der Waals surface area contributed by atoms with E-state index in [1.54, 1.807) is 6.07 Å². The van der Waals surface area contributed by atoms with E-state index in [1.807, 2.05) is 47.2 Å². The Labute approximate surface area is 146 Å². The minimum absolute atomic E-state index is 0.0119. The van der Waals surface area contributed by atoms with Crippen LogP contribution in [0.2, 0.25) is 0 Å². The molecule has 1 spiro atoms. The van der Waals surface area contributed by atoms with Crippen LogP contribution in [-0.4, -0.2) is 60.4 Å². The van der Waals surface area contributed by atoms with Gasteiger partial charge in [0, 0.05) is 25.3 Å². The highest BCUT2D eigenvalue weighted by Crippen LogP contribution is 2.33. The van der Waals surface area contributed by atoms with Crippen molar-refractivity contribution in [1.29, 1.82) is 0 Å². The molecular formula is C19H21N3O3. The Hall–Kier alpha value is -2.60. The molecule has 2 aliphatic rings. The number of rotatable bonds is 2.